The van der Waals surface area contributed by atoms with Crippen LogP contribution in [0.25, 0.3) is 0 Å². The average Bonchev–Trinajstić information content (AvgIpc) is 2.54. The zero-order valence-corrected chi connectivity index (χ0v) is 11.6. The number of carbonyl (C=O) groups excluding carboxylic acids is 2. The number of nitrogens with one attached hydrogen (secondary N) is 1. The number of halogens is 1. The smallest absolute Gasteiger partial charge is 0.252 e. The van der Waals surface area contributed by atoms with Gasteiger partial charge >= 0.3 is 0 Å². The maximum Gasteiger partial charge on any atom is 0.252 e. The van der Waals surface area contributed by atoms with E-state index in [9.17, 15) is 9.59 Å². The Labute approximate surface area is 114 Å². The molecule has 1 N–H and O–H groups in total. The zero-order chi connectivity index (χ0) is 12.4. The van der Waals surface area contributed by atoms with E-state index in [1.165, 1.54) is 4.90 Å². The van der Waals surface area contributed by atoms with Gasteiger partial charge in [-0.05, 0) is 47.7 Å². The Morgan fingerprint density at radius 1 is 1.47 bits per heavy atom. The molecule has 1 aromatic carbocycles. The van der Waals surface area contributed by atoms with E-state index in [2.05, 4.69) is 27.9 Å². The normalized spacial score (nSPS) is 19.9. The Balaban J connectivity index is 2.11. The highest BCUT2D eigenvalue weighted by molar-refractivity contribution is 14.1. The molecule has 1 aliphatic heterocycles. The van der Waals surface area contributed by atoms with Gasteiger partial charge in [-0.1, -0.05) is 6.07 Å². The van der Waals surface area contributed by atoms with Crippen molar-refractivity contribution in [3.8, 4) is 0 Å². The van der Waals surface area contributed by atoms with E-state index in [-0.39, 0.29) is 18.2 Å². The third kappa shape index (κ3) is 2.59. The van der Waals surface area contributed by atoms with Gasteiger partial charge in [-0.3, -0.25) is 14.5 Å². The van der Waals surface area contributed by atoms with Crippen LogP contribution in [-0.4, -0.2) is 29.3 Å². The Morgan fingerprint density at radius 3 is 2.82 bits per heavy atom. The first-order valence-corrected chi connectivity index (χ1v) is 6.56. The van der Waals surface area contributed by atoms with E-state index in [1.54, 1.807) is 0 Å². The molecule has 1 unspecified atom stereocenters. The van der Waals surface area contributed by atoms with Gasteiger partial charge < -0.3 is 5.32 Å². The third-order valence-electron chi connectivity index (χ3n) is 2.73. The maximum atomic E-state index is 11.9. The predicted molar refractivity (Wildman–Crippen MR) is 73.6 cm³/mol. The average molecular weight is 344 g/mol. The van der Waals surface area contributed by atoms with Crippen LogP contribution in [-0.2, 0) is 9.59 Å². The number of benzene rings is 1. The fourth-order valence-corrected chi connectivity index (χ4v) is 2.45. The van der Waals surface area contributed by atoms with E-state index in [0.29, 0.717) is 6.54 Å². The molecule has 0 radical (unpaired) electrons. The molecule has 1 atom stereocenters. The lowest BCUT2D eigenvalue weighted by Crippen LogP contribution is -2.34. The van der Waals surface area contributed by atoms with Gasteiger partial charge in [0, 0.05) is 15.8 Å². The lowest BCUT2D eigenvalue weighted by atomic mass is 10.2. The minimum absolute atomic E-state index is 0.0966. The molecule has 1 aliphatic rings. The number of hydrogen-bond donors (Lipinski definition) is 1. The monoisotopic (exact) mass is 344 g/mol. The van der Waals surface area contributed by atoms with Crippen LogP contribution in [0.2, 0.25) is 0 Å². The molecule has 1 saturated heterocycles. The first-order valence-electron chi connectivity index (χ1n) is 5.48. The molecule has 17 heavy (non-hydrogen) atoms. The molecule has 4 nitrogen and oxygen atoms in total. The molecule has 0 bridgehead atoms. The minimum atomic E-state index is -0.416. The molecule has 0 aliphatic carbocycles. The second-order valence-corrected chi connectivity index (χ2v) is 5.13. The van der Waals surface area contributed by atoms with Gasteiger partial charge in [0.25, 0.3) is 5.91 Å². The van der Waals surface area contributed by atoms with Crippen LogP contribution in [0.3, 0.4) is 0 Å². The standard InChI is InChI=1S/C12H13IN2O2/c1-2-15-11(16)7-10(12(15)17)14-9-5-3-4-8(13)6-9/h3-6,10,14H,2,7H2,1H3. The van der Waals surface area contributed by atoms with Crippen LogP contribution in [0.1, 0.15) is 13.3 Å². The van der Waals surface area contributed by atoms with Gasteiger partial charge in [-0.25, -0.2) is 0 Å². The number of likely N-dealkylation sites (N-methyl/N-ethyl adjacent to an activating group) is 1. The van der Waals surface area contributed by atoms with Gasteiger partial charge in [0.15, 0.2) is 0 Å². The fraction of sp³-hybridized carbons (Fsp3) is 0.333. The minimum Gasteiger partial charge on any atom is -0.373 e. The molecular weight excluding hydrogens is 331 g/mol. The van der Waals surface area contributed by atoms with Crippen molar-refractivity contribution in [1.29, 1.82) is 0 Å². The van der Waals surface area contributed by atoms with Gasteiger partial charge in [0.05, 0.1) is 6.42 Å². The van der Waals surface area contributed by atoms with E-state index in [0.717, 1.165) is 9.26 Å². The van der Waals surface area contributed by atoms with Crippen molar-refractivity contribution >= 4 is 40.1 Å². The molecule has 1 heterocycles. The number of likely N-dealkylation sites (tertiary alicyclic amines) is 1. The summed E-state index contributed by atoms with van der Waals surface area (Å²) >= 11 is 2.21. The SMILES string of the molecule is CCN1C(=O)CC(Nc2cccc(I)c2)C1=O. The molecular formula is C12H13IN2O2. The van der Waals surface area contributed by atoms with Gasteiger partial charge in [0.1, 0.15) is 6.04 Å². The molecule has 5 heteroatoms. The Kier molecular flexibility index (Phi) is 3.66. The second-order valence-electron chi connectivity index (χ2n) is 3.89. The molecule has 0 saturated carbocycles. The summed E-state index contributed by atoms with van der Waals surface area (Å²) in [5.74, 6) is -0.225. The largest absolute Gasteiger partial charge is 0.373 e. The van der Waals surface area contributed by atoms with E-state index >= 15 is 0 Å². The summed E-state index contributed by atoms with van der Waals surface area (Å²) < 4.78 is 1.09. The van der Waals surface area contributed by atoms with Gasteiger partial charge in [0.2, 0.25) is 5.91 Å². The molecule has 1 aromatic rings. The van der Waals surface area contributed by atoms with Gasteiger partial charge in [-0.2, -0.15) is 0 Å². The predicted octanol–water partition coefficient (Wildman–Crippen LogP) is 1.85. The third-order valence-corrected chi connectivity index (χ3v) is 3.40. The van der Waals surface area contributed by atoms with Crippen LogP contribution < -0.4 is 5.32 Å². The maximum absolute atomic E-state index is 11.9. The number of anilines is 1. The number of imide groups is 1. The Morgan fingerprint density at radius 2 is 2.24 bits per heavy atom. The van der Waals surface area contributed by atoms with E-state index in [4.69, 9.17) is 0 Å². The van der Waals surface area contributed by atoms with Crippen LogP contribution in [0, 0.1) is 3.57 Å². The lowest BCUT2D eigenvalue weighted by molar-refractivity contribution is -0.138. The molecule has 2 rings (SSSR count). The molecule has 0 spiro atoms. The van der Waals surface area contributed by atoms with Crippen molar-refractivity contribution in [2.24, 2.45) is 0 Å². The van der Waals surface area contributed by atoms with Crippen LogP contribution in [0.4, 0.5) is 5.69 Å². The van der Waals surface area contributed by atoms with Crippen LogP contribution in [0.5, 0.6) is 0 Å². The summed E-state index contributed by atoms with van der Waals surface area (Å²) in [7, 11) is 0. The highest BCUT2D eigenvalue weighted by atomic mass is 127. The highest BCUT2D eigenvalue weighted by Crippen LogP contribution is 2.19. The highest BCUT2D eigenvalue weighted by Gasteiger charge is 2.37. The number of carbonyl (C=O) groups is 2. The summed E-state index contributed by atoms with van der Waals surface area (Å²) in [4.78, 5) is 24.7. The van der Waals surface area contributed by atoms with Gasteiger partial charge in [-0.15, -0.1) is 0 Å². The van der Waals surface area contributed by atoms with Crippen molar-refractivity contribution in [2.45, 2.75) is 19.4 Å². The molecule has 2 amide bonds. The number of hydrogen-bond acceptors (Lipinski definition) is 3. The first kappa shape index (κ1) is 12.3. The second kappa shape index (κ2) is 5.03. The Bertz CT molecular complexity index is 462. The van der Waals surface area contributed by atoms with Crippen LogP contribution in [0.15, 0.2) is 24.3 Å². The first-order chi connectivity index (χ1) is 8.11. The summed E-state index contributed by atoms with van der Waals surface area (Å²) in [6, 6.07) is 7.33. The number of rotatable bonds is 3. The van der Waals surface area contributed by atoms with E-state index < -0.39 is 6.04 Å². The Hall–Kier alpha value is -1.11. The fourth-order valence-electron chi connectivity index (χ4n) is 1.91. The lowest BCUT2D eigenvalue weighted by Gasteiger charge is -2.14. The van der Waals surface area contributed by atoms with E-state index in [1.807, 2.05) is 31.2 Å². The van der Waals surface area contributed by atoms with Crippen molar-refractivity contribution in [1.82, 2.24) is 4.90 Å². The van der Waals surface area contributed by atoms with Crippen molar-refractivity contribution in [2.75, 3.05) is 11.9 Å². The van der Waals surface area contributed by atoms with Crippen molar-refractivity contribution in [3.05, 3.63) is 27.8 Å². The molecule has 0 aromatic heterocycles. The molecule has 1 fully saturated rings. The molecule has 90 valence electrons. The number of nitrogens with zero attached hydrogens (tertiary/aromatic N) is 1. The zero-order valence-electron chi connectivity index (χ0n) is 9.44. The summed E-state index contributed by atoms with van der Waals surface area (Å²) in [5.41, 5.74) is 0.876. The van der Waals surface area contributed by atoms with Crippen LogP contribution >= 0.6 is 22.6 Å². The number of amides is 2. The van der Waals surface area contributed by atoms with Crippen molar-refractivity contribution < 1.29 is 9.59 Å². The van der Waals surface area contributed by atoms with Crippen molar-refractivity contribution in [3.63, 3.8) is 0 Å². The summed E-state index contributed by atoms with van der Waals surface area (Å²) in [6.45, 7) is 2.26. The summed E-state index contributed by atoms with van der Waals surface area (Å²) in [5, 5.41) is 3.11. The quantitative estimate of drug-likeness (QED) is 0.673. The summed E-state index contributed by atoms with van der Waals surface area (Å²) in [6.07, 6.45) is 0.248. The topological polar surface area (TPSA) is 49.4 Å².